The van der Waals surface area contributed by atoms with E-state index in [0.29, 0.717) is 13.0 Å². The molecule has 0 aromatic carbocycles. The largest absolute Gasteiger partial charge is 0.395 e. The Kier molecular flexibility index (Phi) is 4.09. The van der Waals surface area contributed by atoms with E-state index in [1.165, 1.54) is 16.2 Å². The van der Waals surface area contributed by atoms with Crippen LogP contribution in [0.3, 0.4) is 0 Å². The van der Waals surface area contributed by atoms with Crippen LogP contribution in [-0.2, 0) is 16.1 Å². The number of hydrogen-bond acceptors (Lipinski definition) is 4. The Morgan fingerprint density at radius 3 is 2.67 bits per heavy atom. The molecule has 2 heterocycles. The molecule has 2 amide bonds. The Balaban J connectivity index is 1.76. The highest BCUT2D eigenvalue weighted by atomic mass is 32.1. The number of aliphatic hydroxyl groups is 1. The number of amides is 2. The summed E-state index contributed by atoms with van der Waals surface area (Å²) in [4.78, 5) is 27.0. The van der Waals surface area contributed by atoms with Gasteiger partial charge in [0.1, 0.15) is 0 Å². The number of rotatable bonds is 3. The van der Waals surface area contributed by atoms with E-state index < -0.39 is 0 Å². The molecule has 2 unspecified atom stereocenters. The molecule has 0 bridgehead atoms. The average molecular weight is 303 g/mol. The second-order valence-electron chi connectivity index (χ2n) is 5.44. The fourth-order valence-electron chi connectivity index (χ4n) is 3.15. The minimum Gasteiger partial charge on any atom is -0.395 e. The summed E-state index contributed by atoms with van der Waals surface area (Å²) in [6.45, 7) is 0.379. The van der Waals surface area contributed by atoms with Gasteiger partial charge in [0.15, 0.2) is 0 Å². The van der Waals surface area contributed by atoms with E-state index in [9.17, 15) is 9.59 Å². The third-order valence-electron chi connectivity index (χ3n) is 4.19. The van der Waals surface area contributed by atoms with Gasteiger partial charge in [0.25, 0.3) is 0 Å². The van der Waals surface area contributed by atoms with Gasteiger partial charge in [-0.3, -0.25) is 14.5 Å². The van der Waals surface area contributed by atoms with Crippen molar-refractivity contribution >= 4 is 23.2 Å². The molecule has 21 heavy (non-hydrogen) atoms. The Morgan fingerprint density at radius 2 is 2.00 bits per heavy atom. The van der Waals surface area contributed by atoms with Gasteiger partial charge in [0.05, 0.1) is 25.0 Å². The summed E-state index contributed by atoms with van der Waals surface area (Å²) in [5.74, 6) is 5.70. The van der Waals surface area contributed by atoms with Crippen molar-refractivity contribution in [3.05, 3.63) is 21.9 Å². The van der Waals surface area contributed by atoms with E-state index >= 15 is 0 Å². The van der Waals surface area contributed by atoms with Crippen molar-refractivity contribution < 1.29 is 14.7 Å². The molecular formula is C16H17NO3S. The number of hydrogen-bond donors (Lipinski definition) is 1. The summed E-state index contributed by atoms with van der Waals surface area (Å²) in [7, 11) is 0. The smallest absolute Gasteiger partial charge is 0.233 e. The Hall–Kier alpha value is -1.64. The molecule has 1 N–H and O–H groups in total. The quantitative estimate of drug-likeness (QED) is 0.684. The lowest BCUT2D eigenvalue weighted by Gasteiger charge is -2.15. The summed E-state index contributed by atoms with van der Waals surface area (Å²) >= 11 is 1.52. The maximum Gasteiger partial charge on any atom is 0.233 e. The molecule has 1 saturated heterocycles. The van der Waals surface area contributed by atoms with Gasteiger partial charge < -0.3 is 5.11 Å². The first-order chi connectivity index (χ1) is 10.2. The Bertz CT molecular complexity index is 603. The summed E-state index contributed by atoms with van der Waals surface area (Å²) < 4.78 is 0. The van der Waals surface area contributed by atoms with E-state index in [-0.39, 0.29) is 30.3 Å². The lowest BCUT2D eigenvalue weighted by Crippen LogP contribution is -2.31. The zero-order chi connectivity index (χ0) is 14.8. The number of carbonyl (C=O) groups is 2. The van der Waals surface area contributed by atoms with Crippen molar-refractivity contribution in [1.29, 1.82) is 0 Å². The third-order valence-corrected chi connectivity index (χ3v) is 5.10. The maximum atomic E-state index is 12.3. The number of thiophene rings is 1. The summed E-state index contributed by atoms with van der Waals surface area (Å²) in [5.41, 5.74) is 0.853. The summed E-state index contributed by atoms with van der Waals surface area (Å²) in [6.07, 6.45) is 3.11. The lowest BCUT2D eigenvalue weighted by molar-refractivity contribution is -0.140. The van der Waals surface area contributed by atoms with Gasteiger partial charge in [0.2, 0.25) is 11.8 Å². The van der Waals surface area contributed by atoms with Crippen LogP contribution in [0.25, 0.3) is 0 Å². The molecular weight excluding hydrogens is 286 g/mol. The first kappa shape index (κ1) is 14.3. The first-order valence-electron chi connectivity index (χ1n) is 7.23. The van der Waals surface area contributed by atoms with Gasteiger partial charge in [0, 0.05) is 16.9 Å². The maximum absolute atomic E-state index is 12.3. The summed E-state index contributed by atoms with van der Waals surface area (Å²) in [6, 6.07) is 1.90. The van der Waals surface area contributed by atoms with Crippen molar-refractivity contribution in [1.82, 2.24) is 4.90 Å². The monoisotopic (exact) mass is 303 g/mol. The Morgan fingerprint density at radius 1 is 1.29 bits per heavy atom. The van der Waals surface area contributed by atoms with Crippen LogP contribution < -0.4 is 0 Å². The standard InChI is InChI=1S/C16H17NO3S/c18-8-2-1-4-11-7-9-21-14(11)10-17-15(19)12-5-3-6-13(12)16(17)20/h7,9,12-13,18H,2-3,5-6,8,10H2. The van der Waals surface area contributed by atoms with Crippen LogP contribution in [0.1, 0.15) is 36.1 Å². The predicted molar refractivity (Wildman–Crippen MR) is 79.3 cm³/mol. The van der Waals surface area contributed by atoms with Gasteiger partial charge in [-0.15, -0.1) is 11.3 Å². The van der Waals surface area contributed by atoms with Crippen LogP contribution in [0.15, 0.2) is 11.4 Å². The van der Waals surface area contributed by atoms with Crippen molar-refractivity contribution in [3.8, 4) is 11.8 Å². The minimum absolute atomic E-state index is 0.00910. The second kappa shape index (κ2) is 6.00. The minimum atomic E-state index is -0.0821. The molecule has 110 valence electrons. The fourth-order valence-corrected chi connectivity index (χ4v) is 3.97. The van der Waals surface area contributed by atoms with Crippen LogP contribution >= 0.6 is 11.3 Å². The van der Waals surface area contributed by atoms with E-state index in [4.69, 9.17) is 5.11 Å². The summed E-state index contributed by atoms with van der Waals surface area (Å²) in [5, 5.41) is 10.7. The molecule has 2 fully saturated rings. The van der Waals surface area contributed by atoms with Gasteiger partial charge in [-0.05, 0) is 24.3 Å². The molecule has 0 radical (unpaired) electrons. The normalized spacial score (nSPS) is 24.1. The van der Waals surface area contributed by atoms with Crippen LogP contribution in [0.5, 0.6) is 0 Å². The molecule has 1 aliphatic carbocycles. The van der Waals surface area contributed by atoms with Gasteiger partial charge in [-0.25, -0.2) is 0 Å². The number of fused-ring (bicyclic) bond motifs is 1. The highest BCUT2D eigenvalue weighted by molar-refractivity contribution is 7.10. The van der Waals surface area contributed by atoms with Crippen LogP contribution in [0.2, 0.25) is 0 Å². The van der Waals surface area contributed by atoms with Crippen LogP contribution in [0.4, 0.5) is 0 Å². The zero-order valence-corrected chi connectivity index (χ0v) is 12.5. The van der Waals surface area contributed by atoms with E-state index in [1.807, 2.05) is 11.4 Å². The lowest BCUT2D eigenvalue weighted by atomic mass is 10.00. The number of imide groups is 1. The first-order valence-corrected chi connectivity index (χ1v) is 8.11. The van der Waals surface area contributed by atoms with E-state index in [1.54, 1.807) is 0 Å². The molecule has 4 nitrogen and oxygen atoms in total. The molecule has 2 atom stereocenters. The highest BCUT2D eigenvalue weighted by Crippen LogP contribution is 2.40. The number of likely N-dealkylation sites (tertiary alicyclic amines) is 1. The van der Waals surface area contributed by atoms with Crippen molar-refractivity contribution in [3.63, 3.8) is 0 Å². The van der Waals surface area contributed by atoms with Gasteiger partial charge >= 0.3 is 0 Å². The topological polar surface area (TPSA) is 57.6 Å². The van der Waals surface area contributed by atoms with Crippen LogP contribution in [0, 0.1) is 23.7 Å². The van der Waals surface area contributed by atoms with Crippen molar-refractivity contribution in [2.45, 2.75) is 32.2 Å². The average Bonchev–Trinajstić information content (AvgIpc) is 3.16. The second-order valence-corrected chi connectivity index (χ2v) is 6.44. The molecule has 5 heteroatoms. The predicted octanol–water partition coefficient (Wildman–Crippen LogP) is 1.77. The number of nitrogens with zero attached hydrogens (tertiary/aromatic N) is 1. The molecule has 1 aromatic heterocycles. The SMILES string of the molecule is O=C1C2CCCC2C(=O)N1Cc1sccc1C#CCCO. The molecule has 1 aromatic rings. The van der Waals surface area contributed by atoms with Gasteiger partial charge in [-0.1, -0.05) is 18.3 Å². The van der Waals surface area contributed by atoms with Crippen molar-refractivity contribution in [2.75, 3.05) is 6.61 Å². The molecule has 0 spiro atoms. The van der Waals surface area contributed by atoms with Crippen LogP contribution in [-0.4, -0.2) is 28.4 Å². The van der Waals surface area contributed by atoms with E-state index in [2.05, 4.69) is 11.8 Å². The molecule has 1 aliphatic heterocycles. The molecule has 1 saturated carbocycles. The number of aliphatic hydroxyl groups excluding tert-OH is 1. The van der Waals surface area contributed by atoms with Crippen molar-refractivity contribution in [2.24, 2.45) is 11.8 Å². The van der Waals surface area contributed by atoms with E-state index in [0.717, 1.165) is 29.7 Å². The fraction of sp³-hybridized carbons (Fsp3) is 0.500. The molecule has 3 rings (SSSR count). The Labute approximate surface area is 127 Å². The number of carbonyl (C=O) groups excluding carboxylic acids is 2. The molecule has 2 aliphatic rings. The highest BCUT2D eigenvalue weighted by Gasteiger charge is 2.49. The van der Waals surface area contributed by atoms with Gasteiger partial charge in [-0.2, -0.15) is 0 Å². The third kappa shape index (κ3) is 2.61. The zero-order valence-electron chi connectivity index (χ0n) is 11.7.